The van der Waals surface area contributed by atoms with Crippen molar-refractivity contribution in [3.05, 3.63) is 150 Å². The molecule has 7 heteroatoms. The van der Waals surface area contributed by atoms with Crippen LogP contribution in [0.1, 0.15) is 70.1 Å². The second-order valence-electron chi connectivity index (χ2n) is 17.2. The van der Waals surface area contributed by atoms with Crippen LogP contribution >= 0.6 is 23.1 Å². The number of hydrogen-bond acceptors (Lipinski definition) is 4. The van der Waals surface area contributed by atoms with Crippen LogP contribution in [0.25, 0.3) is 60.6 Å². The van der Waals surface area contributed by atoms with E-state index in [2.05, 4.69) is 184 Å². The summed E-state index contributed by atoms with van der Waals surface area (Å²) in [5.74, 6) is 9.64. The maximum absolute atomic E-state index is 5.25. The predicted octanol–water partition coefficient (Wildman–Crippen LogP) is 14.6. The molecule has 8 aromatic rings. The van der Waals surface area contributed by atoms with Gasteiger partial charge in [0.1, 0.15) is 0 Å². The quantitative estimate of drug-likeness (QED) is 0.0777. The first-order valence-corrected chi connectivity index (χ1v) is 29.9. The Morgan fingerprint density at radius 3 is 2.07 bits per heavy atom. The largest absolute Gasteiger partial charge is 0.333 e. The molecule has 0 fully saturated rings. The minimum absolute atomic E-state index is 0. The summed E-state index contributed by atoms with van der Waals surface area (Å²) in [5, 5.41) is 4.86. The summed E-state index contributed by atoms with van der Waals surface area (Å²) in [4.78, 5) is 11.2. The van der Waals surface area contributed by atoms with Gasteiger partial charge < -0.3 is 4.57 Å². The van der Waals surface area contributed by atoms with E-state index in [1.165, 1.54) is 48.5 Å². The van der Waals surface area contributed by atoms with Gasteiger partial charge in [0.25, 0.3) is 0 Å². The van der Waals surface area contributed by atoms with Crippen LogP contribution in [0.5, 0.6) is 0 Å². The minimum Gasteiger partial charge on any atom is -0.333 e. The van der Waals surface area contributed by atoms with Gasteiger partial charge in [-0.05, 0) is 69.5 Å². The van der Waals surface area contributed by atoms with Gasteiger partial charge in [-0.2, -0.15) is 0 Å². The average molecular weight is 1050 g/mol. The third-order valence-corrected chi connectivity index (χ3v) is 16.6. The molecule has 5 aromatic carbocycles. The fourth-order valence-corrected chi connectivity index (χ4v) is 12.4. The molecule has 0 aliphatic heterocycles. The second kappa shape index (κ2) is 19.3. The fraction of sp³-hybridized carbons (Fsp3) is 0.269. The van der Waals surface area contributed by atoms with Crippen molar-refractivity contribution in [1.82, 2.24) is 14.5 Å². The molecule has 0 saturated carbocycles. The van der Waals surface area contributed by atoms with E-state index in [1.54, 1.807) is 27.5 Å². The Balaban J connectivity index is 0.000000236. The molecule has 305 valence electrons. The Kier molecular flexibility index (Phi) is 14.6. The van der Waals surface area contributed by atoms with Gasteiger partial charge in [-0.1, -0.05) is 104 Å². The van der Waals surface area contributed by atoms with E-state index in [0.29, 0.717) is 17.8 Å². The third-order valence-electron chi connectivity index (χ3n) is 10.7. The Hall–Kier alpha value is -3.78. The molecule has 8 rings (SSSR count). The van der Waals surface area contributed by atoms with E-state index in [4.69, 9.17) is 9.97 Å². The van der Waals surface area contributed by atoms with Crippen LogP contribution in [0.3, 0.4) is 0 Å². The summed E-state index contributed by atoms with van der Waals surface area (Å²) >= 11 is 1.59. The Morgan fingerprint density at radius 1 is 0.763 bits per heavy atom. The van der Waals surface area contributed by atoms with Crippen molar-refractivity contribution < 1.29 is 20.1 Å². The summed E-state index contributed by atoms with van der Waals surface area (Å²) in [6, 6.07) is 44.4. The molecule has 0 bridgehead atoms. The average Bonchev–Trinajstić information content (AvgIpc) is 3.81. The minimum atomic E-state index is -1.86. The van der Waals surface area contributed by atoms with Crippen molar-refractivity contribution in [1.29, 1.82) is 0 Å². The van der Waals surface area contributed by atoms with Crippen molar-refractivity contribution in [2.24, 2.45) is 5.92 Å². The van der Waals surface area contributed by atoms with Crippen molar-refractivity contribution >= 4 is 61.9 Å². The zero-order chi connectivity index (χ0) is 41.1. The van der Waals surface area contributed by atoms with E-state index >= 15 is 0 Å². The number of rotatable bonds is 10. The molecule has 0 spiro atoms. The molecule has 0 aliphatic carbocycles. The van der Waals surface area contributed by atoms with Crippen molar-refractivity contribution in [2.45, 2.75) is 82.0 Å². The molecule has 3 aromatic heterocycles. The monoisotopic (exact) mass is 1050 g/mol. The number of pyridine rings is 1. The van der Waals surface area contributed by atoms with Crippen LogP contribution in [-0.2, 0) is 26.5 Å². The first kappa shape index (κ1) is 44.8. The molecule has 0 unspecified atom stereocenters. The molecule has 0 N–H and O–H groups in total. The van der Waals surface area contributed by atoms with Crippen LogP contribution < -0.4 is 4.40 Å². The number of imidazole rings is 1. The van der Waals surface area contributed by atoms with Crippen molar-refractivity contribution in [3.8, 4) is 39.5 Å². The molecule has 1 radical (unpaired) electrons. The van der Waals surface area contributed by atoms with Gasteiger partial charge >= 0.3 is 126 Å². The maximum atomic E-state index is 5.25. The van der Waals surface area contributed by atoms with Crippen LogP contribution in [0.4, 0.5) is 0 Å². The van der Waals surface area contributed by atoms with Crippen LogP contribution in [0.15, 0.2) is 126 Å². The number of para-hydroxylation sites is 2. The molecular weight excluding hydrogens is 996 g/mol. The number of aromatic nitrogens is 3. The predicted molar refractivity (Wildman–Crippen MR) is 256 cm³/mol. The molecule has 0 amide bonds. The summed E-state index contributed by atoms with van der Waals surface area (Å²) in [5.41, 5.74) is 13.3. The summed E-state index contributed by atoms with van der Waals surface area (Å²) in [6.45, 7) is 13.8. The summed E-state index contributed by atoms with van der Waals surface area (Å²) in [6.07, 6.45) is 5.40. The van der Waals surface area contributed by atoms with Gasteiger partial charge in [0, 0.05) is 25.8 Å². The van der Waals surface area contributed by atoms with Crippen molar-refractivity contribution in [3.63, 3.8) is 0 Å². The summed E-state index contributed by atoms with van der Waals surface area (Å²) < 4.78 is 5.20. The van der Waals surface area contributed by atoms with E-state index in [-0.39, 0.29) is 20.1 Å². The molecule has 3 nitrogen and oxygen atoms in total. The fourth-order valence-electron chi connectivity index (χ4n) is 7.76. The van der Waals surface area contributed by atoms with Crippen LogP contribution in [0, 0.1) is 17.4 Å². The Morgan fingerprint density at radius 2 is 1.44 bits per heavy atom. The van der Waals surface area contributed by atoms with Gasteiger partial charge in [0.05, 0.1) is 16.9 Å². The maximum Gasteiger partial charge on any atom is 0.0774 e. The number of fused-ring (bicyclic) bond motifs is 2. The van der Waals surface area contributed by atoms with Crippen LogP contribution in [-0.4, -0.2) is 34.1 Å². The van der Waals surface area contributed by atoms with Gasteiger partial charge in [-0.3, -0.25) is 16.3 Å². The van der Waals surface area contributed by atoms with E-state index in [0.717, 1.165) is 40.1 Å². The zero-order valence-corrected chi connectivity index (χ0v) is 42.1. The summed E-state index contributed by atoms with van der Waals surface area (Å²) in [7, 11) is 0. The molecule has 0 atom stereocenters. The first-order valence-electron chi connectivity index (χ1n) is 20.5. The van der Waals surface area contributed by atoms with E-state index in [1.807, 2.05) is 18.2 Å². The number of benzene rings is 5. The Labute approximate surface area is 376 Å². The number of thiophene rings is 1. The molecule has 0 aliphatic rings. The van der Waals surface area contributed by atoms with Gasteiger partial charge in [-0.15, -0.1) is 17.1 Å². The van der Waals surface area contributed by atoms with Gasteiger partial charge in [0.2, 0.25) is 0 Å². The molecular formula is C52H55GeIrN3S2-2. The SMILES string of the molecule is CC(C)Cc1cc(-c2[c-]cccc2)nc[c]1[Ge]([CH3])([CH3])[CH3].CSc1ccc2s[c-]c(-c3nc4ccccc4n3-c3c(C(C)C)cc(-c4ccccc4)cc3C(C)C)c2c1.[Ir]. The third kappa shape index (κ3) is 9.90. The number of nitrogens with zero attached hydrogens (tertiary/aromatic N) is 3. The first-order chi connectivity index (χ1) is 27.8. The standard InChI is InChI=1S/C34H31N2S2.C18H24GeN.Ir/c1-21(2)26-17-24(23-11-7-6-8-12-23)18-27(22(3)4)33(26)36-31-14-10-9-13-30(31)35-34(36)29-20-38-32-16-15-25(37-5)19-28(29)32;1-14(2)11-16-12-18(15-9-7-6-8-10-15)20-13-17(16)19(3,4)5;/h6-19,21-22H,1-5H3;6-9,12-14H,11H2,1-5H3;/q2*-1;. The van der Waals surface area contributed by atoms with E-state index in [9.17, 15) is 0 Å². The normalized spacial score (nSPS) is 11.7. The topological polar surface area (TPSA) is 30.7 Å². The van der Waals surface area contributed by atoms with E-state index < -0.39 is 13.3 Å². The van der Waals surface area contributed by atoms with Gasteiger partial charge in [-0.25, -0.2) is 0 Å². The second-order valence-corrected chi connectivity index (χ2v) is 29.5. The Bertz CT molecular complexity index is 2630. The molecule has 3 heterocycles. The number of hydrogen-bond donors (Lipinski definition) is 0. The van der Waals surface area contributed by atoms with Crippen molar-refractivity contribution in [2.75, 3.05) is 6.26 Å². The molecule has 59 heavy (non-hydrogen) atoms. The van der Waals surface area contributed by atoms with Gasteiger partial charge in [0.15, 0.2) is 0 Å². The number of thioether (sulfide) groups is 1. The smallest absolute Gasteiger partial charge is 0.0774 e. The molecule has 0 saturated heterocycles. The zero-order valence-electron chi connectivity index (χ0n) is 36.0. The van der Waals surface area contributed by atoms with Crippen LogP contribution in [0.2, 0.25) is 17.3 Å².